The third-order valence-electron chi connectivity index (χ3n) is 2.38. The van der Waals surface area contributed by atoms with E-state index in [0.29, 0.717) is 23.0 Å². The molecule has 1 aliphatic rings. The van der Waals surface area contributed by atoms with Crippen LogP contribution in [0.1, 0.15) is 16.1 Å². The second-order valence-corrected chi connectivity index (χ2v) is 4.83. The van der Waals surface area contributed by atoms with Gasteiger partial charge in [0, 0.05) is 13.1 Å². The number of esters is 1. The zero-order valence-electron chi connectivity index (χ0n) is 8.64. The van der Waals surface area contributed by atoms with Crippen LogP contribution in [0.4, 0.5) is 5.13 Å². The molecule has 0 aliphatic carbocycles. The molecule has 1 fully saturated rings. The van der Waals surface area contributed by atoms with Crippen molar-refractivity contribution >= 4 is 34.0 Å². The minimum atomic E-state index is -0.478. The number of aliphatic hydroxyl groups is 1. The van der Waals surface area contributed by atoms with Gasteiger partial charge in [0.1, 0.15) is 0 Å². The van der Waals surface area contributed by atoms with Gasteiger partial charge in [0.05, 0.1) is 13.2 Å². The number of nitrogens with zero attached hydrogens (tertiary/aromatic N) is 2. The lowest BCUT2D eigenvalue weighted by molar-refractivity contribution is 0.0606. The van der Waals surface area contributed by atoms with Crippen molar-refractivity contribution in [3.8, 4) is 0 Å². The first-order valence-corrected chi connectivity index (χ1v) is 5.99. The van der Waals surface area contributed by atoms with Crippen LogP contribution in [0.2, 0.25) is 5.15 Å². The highest BCUT2D eigenvalue weighted by Gasteiger charge is 2.25. The van der Waals surface area contributed by atoms with Crippen molar-refractivity contribution in [3.05, 3.63) is 10.0 Å². The van der Waals surface area contributed by atoms with Crippen LogP contribution < -0.4 is 4.90 Å². The van der Waals surface area contributed by atoms with Crippen molar-refractivity contribution in [2.45, 2.75) is 12.5 Å². The number of anilines is 1. The van der Waals surface area contributed by atoms with E-state index in [1.54, 1.807) is 0 Å². The number of methoxy groups -OCH3 is 1. The zero-order valence-corrected chi connectivity index (χ0v) is 10.2. The lowest BCUT2D eigenvalue weighted by Gasteiger charge is -2.12. The minimum Gasteiger partial charge on any atom is -0.465 e. The molecule has 1 N–H and O–H groups in total. The number of ether oxygens (including phenoxy) is 1. The fourth-order valence-corrected chi connectivity index (χ4v) is 2.79. The number of rotatable bonds is 2. The average molecular weight is 263 g/mol. The monoisotopic (exact) mass is 262 g/mol. The summed E-state index contributed by atoms with van der Waals surface area (Å²) in [6.45, 7) is 1.26. The summed E-state index contributed by atoms with van der Waals surface area (Å²) in [5, 5.41) is 10.2. The molecule has 1 saturated heterocycles. The third-order valence-corrected chi connectivity index (χ3v) is 3.86. The highest BCUT2D eigenvalue weighted by Crippen LogP contribution is 2.31. The van der Waals surface area contributed by atoms with Gasteiger partial charge in [-0.3, -0.25) is 0 Å². The van der Waals surface area contributed by atoms with Gasteiger partial charge in [-0.1, -0.05) is 22.9 Å². The van der Waals surface area contributed by atoms with Crippen LogP contribution in [-0.4, -0.2) is 42.4 Å². The van der Waals surface area contributed by atoms with E-state index in [2.05, 4.69) is 9.72 Å². The molecule has 7 heteroatoms. The van der Waals surface area contributed by atoms with Gasteiger partial charge in [0.2, 0.25) is 0 Å². The van der Waals surface area contributed by atoms with E-state index in [9.17, 15) is 9.90 Å². The van der Waals surface area contributed by atoms with Crippen LogP contribution in [0.25, 0.3) is 0 Å². The molecule has 0 amide bonds. The second-order valence-electron chi connectivity index (χ2n) is 3.50. The van der Waals surface area contributed by atoms with Crippen LogP contribution >= 0.6 is 22.9 Å². The van der Waals surface area contributed by atoms with Gasteiger partial charge in [-0.2, -0.15) is 0 Å². The topological polar surface area (TPSA) is 62.7 Å². The fraction of sp³-hybridized carbons (Fsp3) is 0.556. The Labute approximate surface area is 102 Å². The summed E-state index contributed by atoms with van der Waals surface area (Å²) in [7, 11) is 1.30. The van der Waals surface area contributed by atoms with Gasteiger partial charge >= 0.3 is 5.97 Å². The Bertz CT molecular complexity index is 409. The largest absolute Gasteiger partial charge is 0.465 e. The number of aliphatic hydroxyl groups excluding tert-OH is 1. The van der Waals surface area contributed by atoms with E-state index >= 15 is 0 Å². The summed E-state index contributed by atoms with van der Waals surface area (Å²) >= 11 is 7.03. The number of halogens is 1. The Balaban J connectivity index is 2.20. The van der Waals surface area contributed by atoms with Gasteiger partial charge in [-0.25, -0.2) is 9.78 Å². The Morgan fingerprint density at radius 2 is 2.50 bits per heavy atom. The molecule has 0 aromatic carbocycles. The highest BCUT2D eigenvalue weighted by molar-refractivity contribution is 7.18. The average Bonchev–Trinajstić information content (AvgIpc) is 2.83. The fourth-order valence-electron chi connectivity index (χ4n) is 1.56. The molecule has 1 atom stereocenters. The number of aromatic nitrogens is 1. The summed E-state index contributed by atoms with van der Waals surface area (Å²) in [5.41, 5.74) is 0. The molecule has 1 aromatic rings. The molecule has 1 unspecified atom stereocenters. The standard InChI is InChI=1S/C9H11ClN2O3S/c1-15-8(14)6-7(10)11-9(16-6)12-3-2-5(13)4-12/h5,13H,2-4H2,1H3. The zero-order chi connectivity index (χ0) is 11.7. The maximum atomic E-state index is 11.3. The normalized spacial score (nSPS) is 20.2. The van der Waals surface area contributed by atoms with Crippen molar-refractivity contribution in [2.75, 3.05) is 25.1 Å². The lowest BCUT2D eigenvalue weighted by atomic mass is 10.3. The van der Waals surface area contributed by atoms with E-state index in [-0.39, 0.29) is 11.3 Å². The molecule has 0 radical (unpaired) electrons. The summed E-state index contributed by atoms with van der Waals surface area (Å²) in [5.74, 6) is -0.478. The molecule has 16 heavy (non-hydrogen) atoms. The molecule has 0 spiro atoms. The van der Waals surface area contributed by atoms with Crippen molar-refractivity contribution < 1.29 is 14.6 Å². The number of hydrogen-bond donors (Lipinski definition) is 1. The molecule has 5 nitrogen and oxygen atoms in total. The van der Waals surface area contributed by atoms with Crippen LogP contribution in [0.15, 0.2) is 0 Å². The van der Waals surface area contributed by atoms with Crippen molar-refractivity contribution in [1.29, 1.82) is 0 Å². The van der Waals surface area contributed by atoms with Crippen LogP contribution in [0.3, 0.4) is 0 Å². The predicted octanol–water partition coefficient (Wildman–Crippen LogP) is 1.15. The SMILES string of the molecule is COC(=O)c1sc(N2CCC(O)C2)nc1Cl. The third kappa shape index (κ3) is 2.14. The summed E-state index contributed by atoms with van der Waals surface area (Å²) < 4.78 is 4.59. The molecule has 2 rings (SSSR count). The van der Waals surface area contributed by atoms with E-state index in [4.69, 9.17) is 11.6 Å². The molecule has 1 aliphatic heterocycles. The van der Waals surface area contributed by atoms with Gasteiger partial charge in [0.15, 0.2) is 15.2 Å². The Morgan fingerprint density at radius 3 is 3.06 bits per heavy atom. The van der Waals surface area contributed by atoms with E-state index in [1.807, 2.05) is 4.90 Å². The van der Waals surface area contributed by atoms with E-state index in [1.165, 1.54) is 18.4 Å². The summed E-state index contributed by atoms with van der Waals surface area (Å²) in [6.07, 6.45) is 0.384. The van der Waals surface area contributed by atoms with Crippen molar-refractivity contribution in [2.24, 2.45) is 0 Å². The number of carbonyl (C=O) groups is 1. The van der Waals surface area contributed by atoms with Crippen LogP contribution in [-0.2, 0) is 4.74 Å². The van der Waals surface area contributed by atoms with Crippen molar-refractivity contribution in [1.82, 2.24) is 4.98 Å². The predicted molar refractivity (Wildman–Crippen MR) is 61.3 cm³/mol. The maximum absolute atomic E-state index is 11.3. The molecular formula is C9H11ClN2O3S. The van der Waals surface area contributed by atoms with Gasteiger partial charge in [0.25, 0.3) is 0 Å². The highest BCUT2D eigenvalue weighted by atomic mass is 35.5. The Hall–Kier alpha value is -0.850. The van der Waals surface area contributed by atoms with Crippen LogP contribution in [0.5, 0.6) is 0 Å². The van der Waals surface area contributed by atoms with Gasteiger partial charge in [-0.05, 0) is 6.42 Å². The minimum absolute atomic E-state index is 0.160. The first kappa shape index (κ1) is 11.6. The quantitative estimate of drug-likeness (QED) is 0.811. The number of carbonyl (C=O) groups excluding carboxylic acids is 1. The summed E-state index contributed by atoms with van der Waals surface area (Å²) in [6, 6.07) is 0. The summed E-state index contributed by atoms with van der Waals surface area (Å²) in [4.78, 5) is 17.6. The molecule has 0 saturated carbocycles. The Kier molecular flexibility index (Phi) is 3.32. The molecule has 2 heterocycles. The maximum Gasteiger partial charge on any atom is 0.351 e. The van der Waals surface area contributed by atoms with E-state index < -0.39 is 5.97 Å². The number of β-amino-alcohol motifs (C(OH)–C–C–N with tert-alkyl or cyclic N) is 1. The first-order valence-electron chi connectivity index (χ1n) is 4.79. The second kappa shape index (κ2) is 4.57. The lowest BCUT2D eigenvalue weighted by Crippen LogP contribution is -2.20. The first-order chi connectivity index (χ1) is 7.61. The van der Waals surface area contributed by atoms with Crippen molar-refractivity contribution in [3.63, 3.8) is 0 Å². The molecular weight excluding hydrogens is 252 g/mol. The number of hydrogen-bond acceptors (Lipinski definition) is 6. The van der Waals surface area contributed by atoms with Gasteiger partial charge < -0.3 is 14.7 Å². The Morgan fingerprint density at radius 1 is 1.75 bits per heavy atom. The smallest absolute Gasteiger partial charge is 0.351 e. The van der Waals surface area contributed by atoms with Crippen LogP contribution in [0, 0.1) is 0 Å². The number of thiazole rings is 1. The van der Waals surface area contributed by atoms with Gasteiger partial charge in [-0.15, -0.1) is 0 Å². The molecule has 1 aromatic heterocycles. The van der Waals surface area contributed by atoms with E-state index in [0.717, 1.165) is 6.54 Å². The molecule has 0 bridgehead atoms. The molecule has 88 valence electrons.